The number of hydrogen-bond acceptors (Lipinski definition) is 2. The summed E-state index contributed by atoms with van der Waals surface area (Å²) >= 11 is 0. The SMILES string of the molecule is N#C/C(=C\c1cc2ccccc2[nH]1)C(N)=O. The van der Waals surface area contributed by atoms with Crippen LogP contribution in [-0.4, -0.2) is 10.9 Å². The van der Waals surface area contributed by atoms with Crippen molar-refractivity contribution in [2.75, 3.05) is 0 Å². The molecule has 0 aliphatic carbocycles. The van der Waals surface area contributed by atoms with E-state index in [-0.39, 0.29) is 5.57 Å². The molecule has 78 valence electrons. The first-order valence-corrected chi connectivity index (χ1v) is 4.70. The summed E-state index contributed by atoms with van der Waals surface area (Å²) < 4.78 is 0. The zero-order chi connectivity index (χ0) is 11.5. The molecule has 0 aliphatic rings. The van der Waals surface area contributed by atoms with Crippen molar-refractivity contribution in [3.8, 4) is 6.07 Å². The zero-order valence-corrected chi connectivity index (χ0v) is 8.40. The maximum absolute atomic E-state index is 10.9. The van der Waals surface area contributed by atoms with Crippen LogP contribution in [0.25, 0.3) is 17.0 Å². The third-order valence-corrected chi connectivity index (χ3v) is 2.24. The second-order valence-corrected chi connectivity index (χ2v) is 3.35. The highest BCUT2D eigenvalue weighted by atomic mass is 16.1. The molecular formula is C12H9N3O. The number of nitriles is 1. The number of aromatic nitrogens is 1. The number of fused-ring (bicyclic) bond motifs is 1. The van der Waals surface area contributed by atoms with Crippen molar-refractivity contribution >= 4 is 22.9 Å². The van der Waals surface area contributed by atoms with Crippen molar-refractivity contribution in [3.63, 3.8) is 0 Å². The van der Waals surface area contributed by atoms with E-state index in [9.17, 15) is 4.79 Å². The number of para-hydroxylation sites is 1. The largest absolute Gasteiger partial charge is 0.365 e. The van der Waals surface area contributed by atoms with E-state index in [1.165, 1.54) is 6.08 Å². The van der Waals surface area contributed by atoms with E-state index in [2.05, 4.69) is 4.98 Å². The Bertz CT molecular complexity index is 583. The number of carbonyl (C=O) groups is 1. The number of primary amides is 1. The number of nitrogens with two attached hydrogens (primary N) is 1. The lowest BCUT2D eigenvalue weighted by Crippen LogP contribution is -2.12. The number of hydrogen-bond donors (Lipinski definition) is 2. The first kappa shape index (κ1) is 9.99. The van der Waals surface area contributed by atoms with E-state index in [1.54, 1.807) is 6.07 Å². The summed E-state index contributed by atoms with van der Waals surface area (Å²) in [4.78, 5) is 13.9. The van der Waals surface area contributed by atoms with Gasteiger partial charge in [0, 0.05) is 11.2 Å². The van der Waals surface area contributed by atoms with Gasteiger partial charge in [-0.3, -0.25) is 4.79 Å². The maximum Gasteiger partial charge on any atom is 0.259 e. The molecule has 0 saturated carbocycles. The number of rotatable bonds is 2. The molecule has 0 unspecified atom stereocenters. The standard InChI is InChI=1S/C12H9N3O/c13-7-9(12(14)16)6-10-5-8-3-1-2-4-11(8)15-10/h1-6,15H,(H2,14,16)/b9-6+. The average Bonchev–Trinajstić information content (AvgIpc) is 2.67. The lowest BCUT2D eigenvalue weighted by molar-refractivity contribution is -0.114. The van der Waals surface area contributed by atoms with E-state index in [0.717, 1.165) is 10.9 Å². The van der Waals surface area contributed by atoms with Crippen LogP contribution in [0.15, 0.2) is 35.9 Å². The first-order valence-electron chi connectivity index (χ1n) is 4.70. The van der Waals surface area contributed by atoms with Gasteiger partial charge in [0.05, 0.1) is 0 Å². The minimum Gasteiger partial charge on any atom is -0.365 e. The zero-order valence-electron chi connectivity index (χ0n) is 8.40. The smallest absolute Gasteiger partial charge is 0.259 e. The number of amides is 1. The predicted octanol–water partition coefficient (Wildman–Crippen LogP) is 1.56. The van der Waals surface area contributed by atoms with Crippen molar-refractivity contribution < 1.29 is 4.79 Å². The highest BCUT2D eigenvalue weighted by molar-refractivity contribution is 6.00. The van der Waals surface area contributed by atoms with Crippen LogP contribution in [0.4, 0.5) is 0 Å². The minimum atomic E-state index is -0.721. The summed E-state index contributed by atoms with van der Waals surface area (Å²) in [6, 6.07) is 11.3. The van der Waals surface area contributed by atoms with E-state index >= 15 is 0 Å². The minimum absolute atomic E-state index is 0.0634. The Morgan fingerprint density at radius 3 is 2.81 bits per heavy atom. The summed E-state index contributed by atoms with van der Waals surface area (Å²) in [5.41, 5.74) is 6.63. The Balaban J connectivity index is 2.49. The molecule has 1 aromatic heterocycles. The van der Waals surface area contributed by atoms with Gasteiger partial charge < -0.3 is 10.7 Å². The fourth-order valence-corrected chi connectivity index (χ4v) is 1.49. The van der Waals surface area contributed by atoms with Gasteiger partial charge in [0.2, 0.25) is 0 Å². The Hall–Kier alpha value is -2.54. The van der Waals surface area contributed by atoms with Crippen molar-refractivity contribution in [1.82, 2.24) is 4.98 Å². The molecule has 0 spiro atoms. The van der Waals surface area contributed by atoms with Crippen LogP contribution < -0.4 is 5.73 Å². The first-order chi connectivity index (χ1) is 7.70. The van der Waals surface area contributed by atoms with E-state index in [0.29, 0.717) is 5.69 Å². The van der Waals surface area contributed by atoms with Gasteiger partial charge in [0.25, 0.3) is 5.91 Å². The molecular weight excluding hydrogens is 202 g/mol. The van der Waals surface area contributed by atoms with Crippen LogP contribution in [0.5, 0.6) is 0 Å². The van der Waals surface area contributed by atoms with Gasteiger partial charge in [-0.15, -0.1) is 0 Å². The Kier molecular flexibility index (Phi) is 2.44. The van der Waals surface area contributed by atoms with Crippen molar-refractivity contribution in [3.05, 3.63) is 41.6 Å². The molecule has 1 amide bonds. The van der Waals surface area contributed by atoms with Gasteiger partial charge in [-0.2, -0.15) is 5.26 Å². The van der Waals surface area contributed by atoms with Gasteiger partial charge in [0.15, 0.2) is 0 Å². The third-order valence-electron chi connectivity index (χ3n) is 2.24. The predicted molar refractivity (Wildman–Crippen MR) is 61.1 cm³/mol. The van der Waals surface area contributed by atoms with E-state index in [4.69, 9.17) is 11.0 Å². The van der Waals surface area contributed by atoms with Gasteiger partial charge >= 0.3 is 0 Å². The van der Waals surface area contributed by atoms with Crippen LogP contribution in [0, 0.1) is 11.3 Å². The Labute approximate surface area is 92.0 Å². The molecule has 2 aromatic rings. The number of H-pyrrole nitrogens is 1. The highest BCUT2D eigenvalue weighted by Crippen LogP contribution is 2.16. The molecule has 0 fully saturated rings. The molecule has 1 aromatic carbocycles. The molecule has 0 saturated heterocycles. The topological polar surface area (TPSA) is 82.7 Å². The van der Waals surface area contributed by atoms with Crippen LogP contribution >= 0.6 is 0 Å². The van der Waals surface area contributed by atoms with Crippen molar-refractivity contribution in [2.24, 2.45) is 5.73 Å². The van der Waals surface area contributed by atoms with Crippen molar-refractivity contribution in [2.45, 2.75) is 0 Å². The Morgan fingerprint density at radius 1 is 1.44 bits per heavy atom. The Morgan fingerprint density at radius 2 is 2.19 bits per heavy atom. The maximum atomic E-state index is 10.9. The van der Waals surface area contributed by atoms with Gasteiger partial charge in [-0.05, 0) is 23.6 Å². The number of nitrogens with zero attached hydrogens (tertiary/aromatic N) is 1. The average molecular weight is 211 g/mol. The molecule has 0 atom stereocenters. The summed E-state index contributed by atoms with van der Waals surface area (Å²) in [7, 11) is 0. The van der Waals surface area contributed by atoms with Gasteiger partial charge in [-0.1, -0.05) is 18.2 Å². The van der Waals surface area contributed by atoms with Gasteiger partial charge in [-0.25, -0.2) is 0 Å². The third kappa shape index (κ3) is 1.79. The number of aromatic amines is 1. The molecule has 4 heteroatoms. The van der Waals surface area contributed by atoms with E-state index in [1.807, 2.05) is 30.3 Å². The molecule has 3 N–H and O–H groups in total. The van der Waals surface area contributed by atoms with Crippen LogP contribution in [0.1, 0.15) is 5.69 Å². The second-order valence-electron chi connectivity index (χ2n) is 3.35. The highest BCUT2D eigenvalue weighted by Gasteiger charge is 2.04. The lowest BCUT2D eigenvalue weighted by atomic mass is 10.2. The normalized spacial score (nSPS) is 11.3. The molecule has 0 bridgehead atoms. The number of nitrogens with one attached hydrogen (secondary N) is 1. The molecule has 2 rings (SSSR count). The summed E-state index contributed by atoms with van der Waals surface area (Å²) in [5, 5.41) is 9.72. The second kappa shape index (κ2) is 3.91. The molecule has 4 nitrogen and oxygen atoms in total. The molecule has 0 aliphatic heterocycles. The number of benzene rings is 1. The summed E-state index contributed by atoms with van der Waals surface area (Å²) in [6.45, 7) is 0. The summed E-state index contributed by atoms with van der Waals surface area (Å²) in [6.07, 6.45) is 1.45. The van der Waals surface area contributed by atoms with Gasteiger partial charge in [0.1, 0.15) is 11.6 Å². The molecule has 0 radical (unpaired) electrons. The van der Waals surface area contributed by atoms with Crippen LogP contribution in [-0.2, 0) is 4.79 Å². The van der Waals surface area contributed by atoms with Crippen LogP contribution in [0.3, 0.4) is 0 Å². The lowest BCUT2D eigenvalue weighted by Gasteiger charge is -1.89. The monoisotopic (exact) mass is 211 g/mol. The van der Waals surface area contributed by atoms with Crippen LogP contribution in [0.2, 0.25) is 0 Å². The fourth-order valence-electron chi connectivity index (χ4n) is 1.49. The summed E-state index contributed by atoms with van der Waals surface area (Å²) in [5.74, 6) is -0.721. The van der Waals surface area contributed by atoms with Crippen molar-refractivity contribution in [1.29, 1.82) is 5.26 Å². The molecule has 16 heavy (non-hydrogen) atoms. The number of carbonyl (C=O) groups excluding carboxylic acids is 1. The molecule has 1 heterocycles. The quantitative estimate of drug-likeness (QED) is 0.583. The van der Waals surface area contributed by atoms with E-state index < -0.39 is 5.91 Å². The fraction of sp³-hybridized carbons (Fsp3) is 0.